The quantitative estimate of drug-likeness (QED) is 0.839. The van der Waals surface area contributed by atoms with Crippen molar-refractivity contribution in [3.8, 4) is 11.5 Å². The Labute approximate surface area is 128 Å². The van der Waals surface area contributed by atoms with Crippen molar-refractivity contribution in [1.82, 2.24) is 4.90 Å². The fraction of sp³-hybridized carbons (Fsp3) is 0.647. The molecule has 1 aliphatic rings. The smallest absolute Gasteiger partial charge is 0.161 e. The van der Waals surface area contributed by atoms with Crippen molar-refractivity contribution in [3.05, 3.63) is 24.3 Å². The van der Waals surface area contributed by atoms with Gasteiger partial charge < -0.3 is 15.2 Å². The highest BCUT2D eigenvalue weighted by Crippen LogP contribution is 2.26. The largest absolute Gasteiger partial charge is 0.490 e. The van der Waals surface area contributed by atoms with Gasteiger partial charge >= 0.3 is 0 Å². The molecular weight excluding hydrogens is 264 g/mol. The van der Waals surface area contributed by atoms with Crippen molar-refractivity contribution in [2.24, 2.45) is 11.7 Å². The highest BCUT2D eigenvalue weighted by atomic mass is 16.5. The van der Waals surface area contributed by atoms with Gasteiger partial charge in [0, 0.05) is 19.1 Å². The fourth-order valence-electron chi connectivity index (χ4n) is 2.89. The summed E-state index contributed by atoms with van der Waals surface area (Å²) in [7, 11) is 0. The minimum Gasteiger partial charge on any atom is -0.490 e. The number of hydrogen-bond acceptors (Lipinski definition) is 4. The molecular formula is C17H28N2O2. The first-order chi connectivity index (χ1) is 10.2. The van der Waals surface area contributed by atoms with Gasteiger partial charge in [-0.05, 0) is 37.9 Å². The van der Waals surface area contributed by atoms with Crippen LogP contribution in [0.25, 0.3) is 0 Å². The zero-order valence-electron chi connectivity index (χ0n) is 13.3. The Balaban J connectivity index is 1.79. The van der Waals surface area contributed by atoms with Gasteiger partial charge in [0.15, 0.2) is 11.5 Å². The molecule has 0 spiro atoms. The Kier molecular flexibility index (Phi) is 6.33. The van der Waals surface area contributed by atoms with Crippen LogP contribution in [-0.2, 0) is 0 Å². The van der Waals surface area contributed by atoms with Gasteiger partial charge in [0.25, 0.3) is 0 Å². The van der Waals surface area contributed by atoms with Gasteiger partial charge in [-0.15, -0.1) is 0 Å². The second-order valence-corrected chi connectivity index (χ2v) is 5.65. The minimum absolute atomic E-state index is 0.367. The van der Waals surface area contributed by atoms with Gasteiger partial charge in [-0.3, -0.25) is 4.90 Å². The van der Waals surface area contributed by atoms with Crippen LogP contribution in [0.4, 0.5) is 0 Å². The summed E-state index contributed by atoms with van der Waals surface area (Å²) < 4.78 is 11.5. The molecule has 1 fully saturated rings. The molecule has 0 bridgehead atoms. The fourth-order valence-corrected chi connectivity index (χ4v) is 2.89. The van der Waals surface area contributed by atoms with E-state index in [0.717, 1.165) is 44.0 Å². The van der Waals surface area contributed by atoms with E-state index in [2.05, 4.69) is 11.8 Å². The lowest BCUT2D eigenvalue weighted by Crippen LogP contribution is -2.47. The number of ether oxygens (including phenoxy) is 2. The SMILES string of the molecule is CCOc1ccccc1OCCN1CCC(N)C(CC)C1. The molecule has 1 aromatic rings. The molecule has 0 aromatic heterocycles. The summed E-state index contributed by atoms with van der Waals surface area (Å²) >= 11 is 0. The van der Waals surface area contributed by atoms with E-state index >= 15 is 0 Å². The molecule has 1 aliphatic heterocycles. The predicted molar refractivity (Wildman–Crippen MR) is 85.9 cm³/mol. The zero-order chi connectivity index (χ0) is 15.1. The molecule has 4 nitrogen and oxygen atoms in total. The topological polar surface area (TPSA) is 47.7 Å². The van der Waals surface area contributed by atoms with Crippen LogP contribution in [0.3, 0.4) is 0 Å². The molecule has 1 heterocycles. The van der Waals surface area contributed by atoms with Crippen LogP contribution in [0.5, 0.6) is 11.5 Å². The van der Waals surface area contributed by atoms with E-state index in [0.29, 0.717) is 25.2 Å². The average Bonchev–Trinajstić information content (AvgIpc) is 2.51. The molecule has 0 aliphatic carbocycles. The van der Waals surface area contributed by atoms with Crippen molar-refractivity contribution in [2.45, 2.75) is 32.7 Å². The normalized spacial score (nSPS) is 23.0. The van der Waals surface area contributed by atoms with Gasteiger partial charge in [-0.25, -0.2) is 0 Å². The number of rotatable bonds is 7. The van der Waals surface area contributed by atoms with E-state index in [-0.39, 0.29) is 0 Å². The number of nitrogens with two attached hydrogens (primary N) is 1. The Morgan fingerprint density at radius 1 is 1.19 bits per heavy atom. The van der Waals surface area contributed by atoms with Crippen molar-refractivity contribution in [1.29, 1.82) is 0 Å². The summed E-state index contributed by atoms with van der Waals surface area (Å²) in [5, 5.41) is 0. The van der Waals surface area contributed by atoms with Crippen LogP contribution in [0.1, 0.15) is 26.7 Å². The molecule has 2 atom stereocenters. The van der Waals surface area contributed by atoms with E-state index in [4.69, 9.17) is 15.2 Å². The van der Waals surface area contributed by atoms with Crippen molar-refractivity contribution < 1.29 is 9.47 Å². The minimum atomic E-state index is 0.367. The van der Waals surface area contributed by atoms with Gasteiger partial charge in [-0.2, -0.15) is 0 Å². The molecule has 21 heavy (non-hydrogen) atoms. The maximum atomic E-state index is 6.15. The summed E-state index contributed by atoms with van der Waals surface area (Å²) in [5.41, 5.74) is 6.15. The van der Waals surface area contributed by atoms with Gasteiger partial charge in [-0.1, -0.05) is 25.5 Å². The highest BCUT2D eigenvalue weighted by molar-refractivity contribution is 5.39. The molecule has 4 heteroatoms. The van der Waals surface area contributed by atoms with Crippen LogP contribution in [-0.4, -0.2) is 43.8 Å². The maximum Gasteiger partial charge on any atom is 0.161 e. The average molecular weight is 292 g/mol. The molecule has 0 saturated carbocycles. The first-order valence-electron chi connectivity index (χ1n) is 8.07. The summed E-state index contributed by atoms with van der Waals surface area (Å²) in [5.74, 6) is 2.28. The summed E-state index contributed by atoms with van der Waals surface area (Å²) in [6.45, 7) is 8.67. The first kappa shape index (κ1) is 16.1. The van der Waals surface area contributed by atoms with E-state index in [1.807, 2.05) is 31.2 Å². The van der Waals surface area contributed by atoms with Crippen LogP contribution in [0, 0.1) is 5.92 Å². The number of nitrogens with zero attached hydrogens (tertiary/aromatic N) is 1. The third-order valence-electron chi connectivity index (χ3n) is 4.22. The van der Waals surface area contributed by atoms with Crippen molar-refractivity contribution in [3.63, 3.8) is 0 Å². The van der Waals surface area contributed by atoms with Gasteiger partial charge in [0.05, 0.1) is 6.61 Å². The lowest BCUT2D eigenvalue weighted by atomic mass is 9.91. The predicted octanol–water partition coefficient (Wildman–Crippen LogP) is 2.52. The number of likely N-dealkylation sites (tertiary alicyclic amines) is 1. The summed E-state index contributed by atoms with van der Waals surface area (Å²) in [6, 6.07) is 8.23. The molecule has 0 radical (unpaired) electrons. The Bertz CT molecular complexity index is 425. The Morgan fingerprint density at radius 3 is 2.57 bits per heavy atom. The molecule has 2 unspecified atom stereocenters. The molecule has 1 aromatic carbocycles. The first-order valence-corrected chi connectivity index (χ1v) is 8.07. The second kappa shape index (κ2) is 8.25. The molecule has 1 saturated heterocycles. The van der Waals surface area contributed by atoms with E-state index < -0.39 is 0 Å². The molecule has 2 rings (SSSR count). The Hall–Kier alpha value is -1.26. The standard InChI is InChI=1S/C17H28N2O2/c1-3-14-13-19(10-9-15(14)18)11-12-21-17-8-6-5-7-16(17)20-4-2/h5-8,14-15H,3-4,9-13,18H2,1-2H3. The van der Waals surface area contributed by atoms with E-state index in [1.54, 1.807) is 0 Å². The highest BCUT2D eigenvalue weighted by Gasteiger charge is 2.24. The molecule has 118 valence electrons. The lowest BCUT2D eigenvalue weighted by Gasteiger charge is -2.36. The third kappa shape index (κ3) is 4.61. The number of hydrogen-bond donors (Lipinski definition) is 1. The van der Waals surface area contributed by atoms with Gasteiger partial charge in [0.2, 0.25) is 0 Å². The van der Waals surface area contributed by atoms with E-state index in [1.165, 1.54) is 0 Å². The number of piperidine rings is 1. The van der Waals surface area contributed by atoms with E-state index in [9.17, 15) is 0 Å². The summed E-state index contributed by atoms with van der Waals surface area (Å²) in [4.78, 5) is 2.46. The molecule has 0 amide bonds. The number of benzene rings is 1. The van der Waals surface area contributed by atoms with Crippen LogP contribution < -0.4 is 15.2 Å². The lowest BCUT2D eigenvalue weighted by molar-refractivity contribution is 0.129. The zero-order valence-corrected chi connectivity index (χ0v) is 13.3. The Morgan fingerprint density at radius 2 is 1.90 bits per heavy atom. The van der Waals surface area contributed by atoms with Crippen molar-refractivity contribution >= 4 is 0 Å². The summed E-state index contributed by atoms with van der Waals surface area (Å²) in [6.07, 6.45) is 2.25. The maximum absolute atomic E-state index is 6.15. The van der Waals surface area contributed by atoms with Gasteiger partial charge in [0.1, 0.15) is 6.61 Å². The second-order valence-electron chi connectivity index (χ2n) is 5.65. The van der Waals surface area contributed by atoms with Crippen LogP contribution in [0.2, 0.25) is 0 Å². The van der Waals surface area contributed by atoms with Crippen LogP contribution >= 0.6 is 0 Å². The third-order valence-corrected chi connectivity index (χ3v) is 4.22. The molecule has 2 N–H and O–H groups in total. The number of para-hydroxylation sites is 2. The van der Waals surface area contributed by atoms with Crippen molar-refractivity contribution in [2.75, 3.05) is 32.8 Å². The monoisotopic (exact) mass is 292 g/mol. The van der Waals surface area contributed by atoms with Crippen LogP contribution in [0.15, 0.2) is 24.3 Å².